The molecule has 1 aromatic rings. The fourth-order valence-electron chi connectivity index (χ4n) is 2.66. The molecule has 0 aliphatic heterocycles. The molecule has 1 fully saturated rings. The van der Waals surface area contributed by atoms with Crippen molar-refractivity contribution in [2.45, 2.75) is 38.1 Å². The SMILES string of the molecule is CN(CCCCC#N)C(c1ccc(F)cc1)C1CC1. The molecule has 0 radical (unpaired) electrons. The second-order valence-electron chi connectivity index (χ2n) is 5.43. The van der Waals surface area contributed by atoms with E-state index in [1.807, 2.05) is 12.1 Å². The molecule has 0 bridgehead atoms. The highest BCUT2D eigenvalue weighted by atomic mass is 19.1. The Kier molecular flexibility index (Phi) is 4.93. The number of nitriles is 1. The normalized spacial score (nSPS) is 16.3. The zero-order valence-electron chi connectivity index (χ0n) is 11.5. The van der Waals surface area contributed by atoms with Crippen LogP contribution in [0, 0.1) is 23.1 Å². The lowest BCUT2D eigenvalue weighted by Gasteiger charge is -2.28. The molecule has 0 saturated heterocycles. The molecule has 1 atom stereocenters. The largest absolute Gasteiger partial charge is 0.299 e. The molecule has 102 valence electrons. The van der Waals surface area contributed by atoms with E-state index < -0.39 is 0 Å². The van der Waals surface area contributed by atoms with Gasteiger partial charge in [0.1, 0.15) is 5.82 Å². The summed E-state index contributed by atoms with van der Waals surface area (Å²) in [6, 6.07) is 9.50. The van der Waals surface area contributed by atoms with E-state index in [1.165, 1.54) is 18.4 Å². The predicted octanol–water partition coefficient (Wildman–Crippen LogP) is 3.90. The first-order chi connectivity index (χ1) is 9.22. The van der Waals surface area contributed by atoms with Crippen LogP contribution in [0.25, 0.3) is 0 Å². The van der Waals surface area contributed by atoms with Gasteiger partial charge in [-0.1, -0.05) is 12.1 Å². The lowest BCUT2D eigenvalue weighted by molar-refractivity contribution is 0.217. The van der Waals surface area contributed by atoms with Crippen LogP contribution in [0.2, 0.25) is 0 Å². The average Bonchev–Trinajstić information content (AvgIpc) is 3.22. The van der Waals surface area contributed by atoms with Crippen molar-refractivity contribution in [3.05, 3.63) is 35.6 Å². The summed E-state index contributed by atoms with van der Waals surface area (Å²) in [5.74, 6) is 0.543. The Morgan fingerprint density at radius 1 is 1.32 bits per heavy atom. The van der Waals surface area contributed by atoms with E-state index in [0.29, 0.717) is 18.4 Å². The maximum absolute atomic E-state index is 13.0. The number of rotatable bonds is 7. The lowest BCUT2D eigenvalue weighted by Crippen LogP contribution is -2.27. The molecule has 2 nitrogen and oxygen atoms in total. The average molecular weight is 260 g/mol. The number of nitrogens with zero attached hydrogens (tertiary/aromatic N) is 2. The summed E-state index contributed by atoms with van der Waals surface area (Å²) >= 11 is 0. The van der Waals surface area contributed by atoms with E-state index in [2.05, 4.69) is 18.0 Å². The van der Waals surface area contributed by atoms with Crippen LogP contribution in [0.15, 0.2) is 24.3 Å². The second kappa shape index (κ2) is 6.68. The highest BCUT2D eigenvalue weighted by Gasteiger charge is 2.34. The van der Waals surface area contributed by atoms with Gasteiger partial charge in [-0.3, -0.25) is 4.90 Å². The number of halogens is 1. The van der Waals surface area contributed by atoms with Crippen molar-refractivity contribution in [3.8, 4) is 6.07 Å². The zero-order chi connectivity index (χ0) is 13.7. The molecule has 1 aromatic carbocycles. The summed E-state index contributed by atoms with van der Waals surface area (Å²) in [6.45, 7) is 1.00. The minimum absolute atomic E-state index is 0.171. The van der Waals surface area contributed by atoms with Crippen molar-refractivity contribution in [3.63, 3.8) is 0 Å². The Bertz CT molecular complexity index is 431. The third kappa shape index (κ3) is 4.04. The van der Waals surface area contributed by atoms with Crippen molar-refractivity contribution in [2.75, 3.05) is 13.6 Å². The van der Waals surface area contributed by atoms with E-state index >= 15 is 0 Å². The molecule has 19 heavy (non-hydrogen) atoms. The van der Waals surface area contributed by atoms with Gasteiger partial charge in [-0.25, -0.2) is 4.39 Å². The van der Waals surface area contributed by atoms with Gasteiger partial charge in [0.15, 0.2) is 0 Å². The smallest absolute Gasteiger partial charge is 0.123 e. The van der Waals surface area contributed by atoms with Crippen LogP contribution in [-0.2, 0) is 0 Å². The Morgan fingerprint density at radius 3 is 2.58 bits per heavy atom. The summed E-state index contributed by atoms with van der Waals surface area (Å²) in [5.41, 5.74) is 1.21. The monoisotopic (exact) mass is 260 g/mol. The second-order valence-corrected chi connectivity index (χ2v) is 5.43. The quantitative estimate of drug-likeness (QED) is 0.695. The Hall–Kier alpha value is -1.40. The standard InChI is InChI=1S/C16H21FN2/c1-19(12-4-2-3-11-18)16(13-5-6-13)14-7-9-15(17)10-8-14/h7-10,13,16H,2-6,12H2,1H3. The van der Waals surface area contributed by atoms with Gasteiger partial charge in [-0.15, -0.1) is 0 Å². The molecule has 1 aliphatic rings. The Labute approximate surface area is 114 Å². The van der Waals surface area contributed by atoms with Crippen LogP contribution >= 0.6 is 0 Å². The molecule has 1 saturated carbocycles. The predicted molar refractivity (Wildman–Crippen MR) is 74.0 cm³/mol. The zero-order valence-corrected chi connectivity index (χ0v) is 11.5. The van der Waals surface area contributed by atoms with E-state index in [1.54, 1.807) is 12.1 Å². The van der Waals surface area contributed by atoms with Crippen molar-refractivity contribution in [1.82, 2.24) is 4.90 Å². The van der Waals surface area contributed by atoms with Gasteiger partial charge in [0.2, 0.25) is 0 Å². The van der Waals surface area contributed by atoms with Crippen LogP contribution in [0.3, 0.4) is 0 Å². The molecule has 0 aromatic heterocycles. The summed E-state index contributed by atoms with van der Waals surface area (Å²) in [7, 11) is 2.14. The molecule has 0 heterocycles. The van der Waals surface area contributed by atoms with Gasteiger partial charge in [0.05, 0.1) is 6.07 Å². The lowest BCUT2D eigenvalue weighted by atomic mass is 10.0. The summed E-state index contributed by atoms with van der Waals surface area (Å²) in [5, 5.41) is 8.54. The fraction of sp³-hybridized carbons (Fsp3) is 0.562. The first kappa shape index (κ1) is 14.0. The van der Waals surface area contributed by atoms with Gasteiger partial charge in [-0.05, 0) is 62.9 Å². The van der Waals surface area contributed by atoms with Crippen LogP contribution in [0.1, 0.15) is 43.7 Å². The molecule has 0 N–H and O–H groups in total. The van der Waals surface area contributed by atoms with E-state index in [9.17, 15) is 4.39 Å². The van der Waals surface area contributed by atoms with Crippen LogP contribution in [-0.4, -0.2) is 18.5 Å². The van der Waals surface area contributed by atoms with Gasteiger partial charge < -0.3 is 0 Å². The van der Waals surface area contributed by atoms with Crippen molar-refractivity contribution < 1.29 is 4.39 Å². The highest BCUT2D eigenvalue weighted by Crippen LogP contribution is 2.44. The van der Waals surface area contributed by atoms with E-state index in [-0.39, 0.29) is 5.82 Å². The van der Waals surface area contributed by atoms with Gasteiger partial charge >= 0.3 is 0 Å². The van der Waals surface area contributed by atoms with Gasteiger partial charge in [0, 0.05) is 12.5 Å². The minimum atomic E-state index is -0.171. The van der Waals surface area contributed by atoms with Gasteiger partial charge in [-0.2, -0.15) is 5.26 Å². The molecular formula is C16H21FN2. The maximum Gasteiger partial charge on any atom is 0.123 e. The summed E-state index contributed by atoms with van der Waals surface area (Å²) < 4.78 is 13.0. The molecule has 1 aliphatic carbocycles. The third-order valence-electron chi connectivity index (χ3n) is 3.80. The van der Waals surface area contributed by atoms with E-state index in [4.69, 9.17) is 5.26 Å². The Balaban J connectivity index is 1.95. The number of hydrogen-bond acceptors (Lipinski definition) is 2. The number of unbranched alkanes of at least 4 members (excludes halogenated alkanes) is 2. The van der Waals surface area contributed by atoms with Crippen LogP contribution in [0.4, 0.5) is 4.39 Å². The van der Waals surface area contributed by atoms with Crippen LogP contribution in [0.5, 0.6) is 0 Å². The first-order valence-electron chi connectivity index (χ1n) is 7.05. The Morgan fingerprint density at radius 2 is 2.00 bits per heavy atom. The summed E-state index contributed by atoms with van der Waals surface area (Å²) in [6.07, 6.45) is 5.18. The fourth-order valence-corrected chi connectivity index (χ4v) is 2.66. The molecule has 2 rings (SSSR count). The van der Waals surface area contributed by atoms with E-state index in [0.717, 1.165) is 19.4 Å². The third-order valence-corrected chi connectivity index (χ3v) is 3.80. The molecule has 0 amide bonds. The van der Waals surface area contributed by atoms with Gasteiger partial charge in [0.25, 0.3) is 0 Å². The maximum atomic E-state index is 13.0. The molecular weight excluding hydrogens is 239 g/mol. The number of hydrogen-bond donors (Lipinski definition) is 0. The van der Waals surface area contributed by atoms with Crippen LogP contribution < -0.4 is 0 Å². The van der Waals surface area contributed by atoms with Crippen molar-refractivity contribution in [2.24, 2.45) is 5.92 Å². The highest BCUT2D eigenvalue weighted by molar-refractivity contribution is 5.22. The molecule has 3 heteroatoms. The topological polar surface area (TPSA) is 27.0 Å². The number of benzene rings is 1. The minimum Gasteiger partial charge on any atom is -0.299 e. The summed E-state index contributed by atoms with van der Waals surface area (Å²) in [4.78, 5) is 2.36. The van der Waals surface area contributed by atoms with Crippen molar-refractivity contribution >= 4 is 0 Å². The first-order valence-corrected chi connectivity index (χ1v) is 7.05. The molecule has 0 spiro atoms. The molecule has 1 unspecified atom stereocenters. The van der Waals surface area contributed by atoms with Crippen molar-refractivity contribution in [1.29, 1.82) is 5.26 Å².